The van der Waals surface area contributed by atoms with Crippen molar-refractivity contribution in [2.45, 2.75) is 31.8 Å². The van der Waals surface area contributed by atoms with Gasteiger partial charge in [-0.3, -0.25) is 4.90 Å². The van der Waals surface area contributed by atoms with E-state index in [1.54, 1.807) is 6.20 Å². The molecule has 0 aromatic carbocycles. The Balaban J connectivity index is 1.86. The van der Waals surface area contributed by atoms with Crippen LogP contribution in [-0.4, -0.2) is 41.6 Å². The van der Waals surface area contributed by atoms with E-state index in [4.69, 9.17) is 0 Å². The van der Waals surface area contributed by atoms with Crippen LogP contribution in [0, 0.1) is 5.82 Å². The van der Waals surface area contributed by atoms with E-state index in [1.807, 2.05) is 0 Å². The van der Waals surface area contributed by atoms with E-state index in [0.717, 1.165) is 13.1 Å². The number of aromatic nitrogens is 1. The molecule has 2 aliphatic heterocycles. The molecule has 0 radical (unpaired) electrons. The minimum absolute atomic E-state index is 0.234. The molecule has 0 spiro atoms. The van der Waals surface area contributed by atoms with Crippen molar-refractivity contribution in [2.24, 2.45) is 0 Å². The van der Waals surface area contributed by atoms with Gasteiger partial charge in [0.05, 0.1) is 0 Å². The van der Waals surface area contributed by atoms with Gasteiger partial charge in [0, 0.05) is 35.8 Å². The number of pyridine rings is 1. The first-order chi connectivity index (χ1) is 8.65. The molecule has 0 aliphatic carbocycles. The highest BCUT2D eigenvalue weighted by Gasteiger charge is 2.35. The van der Waals surface area contributed by atoms with Gasteiger partial charge >= 0.3 is 0 Å². The SMILES string of the molecule is CC1CN2CCCC2CN1c1ncc(Br)cc1F. The number of rotatable bonds is 1. The lowest BCUT2D eigenvalue weighted by Crippen LogP contribution is -2.55. The molecule has 18 heavy (non-hydrogen) atoms. The summed E-state index contributed by atoms with van der Waals surface area (Å²) in [5.74, 6) is 0.264. The highest BCUT2D eigenvalue weighted by atomic mass is 79.9. The van der Waals surface area contributed by atoms with Crippen molar-refractivity contribution in [1.29, 1.82) is 0 Å². The van der Waals surface area contributed by atoms with Crippen molar-refractivity contribution in [3.63, 3.8) is 0 Å². The molecule has 1 aromatic heterocycles. The molecule has 0 amide bonds. The molecule has 2 aliphatic rings. The van der Waals surface area contributed by atoms with Gasteiger partial charge in [0.2, 0.25) is 0 Å². The summed E-state index contributed by atoms with van der Waals surface area (Å²) in [6.07, 6.45) is 4.16. The van der Waals surface area contributed by atoms with Crippen molar-refractivity contribution in [3.8, 4) is 0 Å². The minimum Gasteiger partial charge on any atom is -0.349 e. The molecule has 2 fully saturated rings. The van der Waals surface area contributed by atoms with Crippen LogP contribution in [0.3, 0.4) is 0 Å². The van der Waals surface area contributed by atoms with Gasteiger partial charge in [0.15, 0.2) is 11.6 Å². The Bertz CT molecular complexity index is 454. The highest BCUT2D eigenvalue weighted by molar-refractivity contribution is 9.10. The maximum atomic E-state index is 14.0. The molecular formula is C13H17BrFN3. The maximum Gasteiger partial charge on any atom is 0.166 e. The lowest BCUT2D eigenvalue weighted by Gasteiger charge is -2.43. The number of halogens is 2. The van der Waals surface area contributed by atoms with Gasteiger partial charge in [0.1, 0.15) is 0 Å². The van der Waals surface area contributed by atoms with Crippen LogP contribution in [0.4, 0.5) is 10.2 Å². The fourth-order valence-corrected chi connectivity index (χ4v) is 3.40. The molecule has 0 N–H and O–H groups in total. The number of hydrogen-bond acceptors (Lipinski definition) is 3. The van der Waals surface area contributed by atoms with Gasteiger partial charge in [-0.1, -0.05) is 0 Å². The molecule has 2 atom stereocenters. The Morgan fingerprint density at radius 2 is 2.28 bits per heavy atom. The van der Waals surface area contributed by atoms with Gasteiger partial charge in [-0.15, -0.1) is 0 Å². The van der Waals surface area contributed by atoms with E-state index in [2.05, 4.69) is 37.6 Å². The number of nitrogens with zero attached hydrogens (tertiary/aromatic N) is 3. The summed E-state index contributed by atoms with van der Waals surface area (Å²) in [6, 6.07) is 2.39. The fraction of sp³-hybridized carbons (Fsp3) is 0.615. The van der Waals surface area contributed by atoms with Crippen LogP contribution in [0.15, 0.2) is 16.7 Å². The Morgan fingerprint density at radius 1 is 1.44 bits per heavy atom. The van der Waals surface area contributed by atoms with E-state index in [0.29, 0.717) is 22.4 Å². The molecular weight excluding hydrogens is 297 g/mol. The topological polar surface area (TPSA) is 19.4 Å². The zero-order chi connectivity index (χ0) is 12.7. The quantitative estimate of drug-likeness (QED) is 0.794. The summed E-state index contributed by atoms with van der Waals surface area (Å²) in [5, 5.41) is 0. The molecule has 2 saturated heterocycles. The van der Waals surface area contributed by atoms with Crippen molar-refractivity contribution in [1.82, 2.24) is 9.88 Å². The van der Waals surface area contributed by atoms with Gasteiger partial charge in [-0.05, 0) is 48.3 Å². The first kappa shape index (κ1) is 12.4. The third kappa shape index (κ3) is 2.14. The number of piperazine rings is 1. The van der Waals surface area contributed by atoms with Gasteiger partial charge in [0.25, 0.3) is 0 Å². The van der Waals surface area contributed by atoms with Crippen LogP contribution in [-0.2, 0) is 0 Å². The predicted molar refractivity (Wildman–Crippen MR) is 73.3 cm³/mol. The standard InChI is InChI=1S/C13H17BrFN3/c1-9-7-17-4-2-3-11(17)8-18(9)13-12(15)5-10(14)6-16-13/h5-6,9,11H,2-4,7-8H2,1H3. The lowest BCUT2D eigenvalue weighted by atomic mass is 10.1. The Hall–Kier alpha value is -0.680. The van der Waals surface area contributed by atoms with Gasteiger partial charge in [-0.2, -0.15) is 0 Å². The summed E-state index contributed by atoms with van der Waals surface area (Å²) in [5.41, 5.74) is 0. The van der Waals surface area contributed by atoms with E-state index >= 15 is 0 Å². The monoisotopic (exact) mass is 313 g/mol. The van der Waals surface area contributed by atoms with Crippen LogP contribution >= 0.6 is 15.9 Å². The van der Waals surface area contributed by atoms with E-state index < -0.39 is 0 Å². The minimum atomic E-state index is -0.234. The first-order valence-corrected chi connectivity index (χ1v) is 7.26. The van der Waals surface area contributed by atoms with Crippen molar-refractivity contribution < 1.29 is 4.39 Å². The largest absolute Gasteiger partial charge is 0.349 e. The molecule has 0 saturated carbocycles. The Labute approximate surface area is 115 Å². The van der Waals surface area contributed by atoms with E-state index in [9.17, 15) is 4.39 Å². The Morgan fingerprint density at radius 3 is 3.06 bits per heavy atom. The summed E-state index contributed by atoms with van der Waals surface area (Å²) in [4.78, 5) is 8.90. The number of fused-ring (bicyclic) bond motifs is 1. The summed E-state index contributed by atoms with van der Waals surface area (Å²) in [7, 11) is 0. The Kier molecular flexibility index (Phi) is 3.28. The molecule has 2 unspecified atom stereocenters. The molecule has 3 heterocycles. The second kappa shape index (κ2) is 4.78. The third-order valence-corrected chi connectivity index (χ3v) is 4.43. The molecule has 0 bridgehead atoms. The number of anilines is 1. The normalized spacial score (nSPS) is 28.5. The van der Waals surface area contributed by atoms with Crippen LogP contribution in [0.2, 0.25) is 0 Å². The lowest BCUT2D eigenvalue weighted by molar-refractivity contribution is 0.201. The molecule has 3 rings (SSSR count). The van der Waals surface area contributed by atoms with Crippen LogP contribution in [0.25, 0.3) is 0 Å². The average molecular weight is 314 g/mol. The second-order valence-corrected chi connectivity index (χ2v) is 6.17. The zero-order valence-electron chi connectivity index (χ0n) is 10.4. The maximum absolute atomic E-state index is 14.0. The molecule has 98 valence electrons. The van der Waals surface area contributed by atoms with E-state index in [-0.39, 0.29) is 5.82 Å². The summed E-state index contributed by atoms with van der Waals surface area (Å²) < 4.78 is 14.7. The molecule has 1 aromatic rings. The second-order valence-electron chi connectivity index (χ2n) is 5.25. The first-order valence-electron chi connectivity index (χ1n) is 6.47. The van der Waals surface area contributed by atoms with Crippen LogP contribution in [0.5, 0.6) is 0 Å². The van der Waals surface area contributed by atoms with Crippen LogP contribution < -0.4 is 4.90 Å². The average Bonchev–Trinajstić information content (AvgIpc) is 2.75. The predicted octanol–water partition coefficient (Wildman–Crippen LogP) is 2.66. The van der Waals surface area contributed by atoms with Crippen molar-refractivity contribution in [2.75, 3.05) is 24.5 Å². The summed E-state index contributed by atoms with van der Waals surface area (Å²) in [6.45, 7) is 5.26. The third-order valence-electron chi connectivity index (χ3n) is 4.00. The smallest absolute Gasteiger partial charge is 0.166 e. The van der Waals surface area contributed by atoms with Gasteiger partial charge < -0.3 is 4.90 Å². The van der Waals surface area contributed by atoms with Crippen molar-refractivity contribution >= 4 is 21.7 Å². The summed E-state index contributed by atoms with van der Waals surface area (Å²) >= 11 is 3.25. The number of hydrogen-bond donors (Lipinski definition) is 0. The molecule has 3 nitrogen and oxygen atoms in total. The fourth-order valence-electron chi connectivity index (χ4n) is 3.10. The van der Waals surface area contributed by atoms with Crippen LogP contribution in [0.1, 0.15) is 19.8 Å². The van der Waals surface area contributed by atoms with Crippen molar-refractivity contribution in [3.05, 3.63) is 22.6 Å². The highest BCUT2D eigenvalue weighted by Crippen LogP contribution is 2.29. The van der Waals surface area contributed by atoms with Gasteiger partial charge in [-0.25, -0.2) is 9.37 Å². The zero-order valence-corrected chi connectivity index (χ0v) is 12.0. The molecule has 5 heteroatoms. The van der Waals surface area contributed by atoms with E-state index in [1.165, 1.54) is 25.5 Å².